The van der Waals surface area contributed by atoms with Crippen LogP contribution in [0, 0.1) is 0 Å². The van der Waals surface area contributed by atoms with Crippen molar-refractivity contribution in [3.05, 3.63) is 63.9 Å². The lowest BCUT2D eigenvalue weighted by molar-refractivity contribution is -0.156. The molecule has 2 N–H and O–H groups in total. The Kier molecular flexibility index (Phi) is 5.83. The molecule has 2 aliphatic rings. The van der Waals surface area contributed by atoms with Crippen LogP contribution in [0.1, 0.15) is 50.9 Å². The normalized spacial score (nSPS) is 19.2. The lowest BCUT2D eigenvalue weighted by Gasteiger charge is -2.29. The number of alkyl halides is 3. The number of carbonyl (C=O) groups excluding carboxylic acids is 4. The molecule has 0 bridgehead atoms. The Morgan fingerprint density at radius 2 is 1.97 bits per heavy atom. The SMILES string of the molecule is O=C1CCC(N2Cc3cc(C(=O)N[C@H](c4ccc(Cl)cn4)C(F)(F)F)ccc3C2=O)C(=O)N1. The summed E-state index contributed by atoms with van der Waals surface area (Å²) in [6.45, 7) is -0.0109. The maximum atomic E-state index is 13.6. The first kappa shape index (κ1) is 22.7. The van der Waals surface area contributed by atoms with Crippen LogP contribution in [-0.2, 0) is 16.1 Å². The molecule has 2 atom stereocenters. The van der Waals surface area contributed by atoms with Crippen molar-refractivity contribution in [3.8, 4) is 0 Å². The molecular weight excluding hydrogens is 465 g/mol. The summed E-state index contributed by atoms with van der Waals surface area (Å²) < 4.78 is 40.7. The third kappa shape index (κ3) is 4.54. The van der Waals surface area contributed by atoms with Crippen LogP contribution >= 0.6 is 11.6 Å². The van der Waals surface area contributed by atoms with Gasteiger partial charge in [0.25, 0.3) is 11.8 Å². The molecule has 1 saturated heterocycles. The van der Waals surface area contributed by atoms with Crippen molar-refractivity contribution >= 4 is 35.2 Å². The van der Waals surface area contributed by atoms with E-state index >= 15 is 0 Å². The Balaban J connectivity index is 1.54. The zero-order valence-electron chi connectivity index (χ0n) is 16.8. The fraction of sp³-hybridized carbons (Fsp3) is 0.286. The zero-order valence-corrected chi connectivity index (χ0v) is 17.5. The minimum atomic E-state index is -4.81. The van der Waals surface area contributed by atoms with E-state index in [1.54, 1.807) is 0 Å². The van der Waals surface area contributed by atoms with E-state index in [1.165, 1.54) is 29.2 Å². The van der Waals surface area contributed by atoms with Gasteiger partial charge in [-0.3, -0.25) is 29.5 Å². The fourth-order valence-electron chi connectivity index (χ4n) is 3.81. The van der Waals surface area contributed by atoms with Gasteiger partial charge in [0.2, 0.25) is 11.8 Å². The van der Waals surface area contributed by atoms with Gasteiger partial charge < -0.3 is 10.2 Å². The summed E-state index contributed by atoms with van der Waals surface area (Å²) in [6, 6.07) is 2.99. The number of amides is 4. The molecule has 33 heavy (non-hydrogen) atoms. The van der Waals surface area contributed by atoms with Gasteiger partial charge in [-0.2, -0.15) is 13.2 Å². The van der Waals surface area contributed by atoms with Crippen molar-refractivity contribution in [1.82, 2.24) is 20.5 Å². The van der Waals surface area contributed by atoms with Gasteiger partial charge in [-0.05, 0) is 42.3 Å². The average molecular weight is 481 g/mol. The molecule has 4 amide bonds. The smallest absolute Gasteiger partial charge is 0.335 e. The van der Waals surface area contributed by atoms with Crippen molar-refractivity contribution < 1.29 is 32.3 Å². The fourth-order valence-corrected chi connectivity index (χ4v) is 3.92. The summed E-state index contributed by atoms with van der Waals surface area (Å²) in [5, 5.41) is 4.26. The summed E-state index contributed by atoms with van der Waals surface area (Å²) in [6.07, 6.45) is -3.51. The number of nitrogens with one attached hydrogen (secondary N) is 2. The van der Waals surface area contributed by atoms with Crippen LogP contribution < -0.4 is 10.6 Å². The van der Waals surface area contributed by atoms with E-state index in [0.29, 0.717) is 5.56 Å². The third-order valence-electron chi connectivity index (χ3n) is 5.43. The van der Waals surface area contributed by atoms with Gasteiger partial charge in [0, 0.05) is 30.3 Å². The number of hydrogen-bond acceptors (Lipinski definition) is 5. The Hall–Kier alpha value is -3.47. The van der Waals surface area contributed by atoms with Crippen LogP contribution in [0.4, 0.5) is 13.2 Å². The van der Waals surface area contributed by atoms with Gasteiger partial charge >= 0.3 is 6.18 Å². The molecule has 8 nitrogen and oxygen atoms in total. The molecule has 12 heteroatoms. The number of aromatic nitrogens is 1. The molecule has 172 valence electrons. The molecule has 0 radical (unpaired) electrons. The molecule has 3 heterocycles. The molecule has 1 unspecified atom stereocenters. The van der Waals surface area contributed by atoms with Crippen LogP contribution in [0.2, 0.25) is 5.02 Å². The topological polar surface area (TPSA) is 108 Å². The number of benzene rings is 1. The number of halogens is 4. The van der Waals surface area contributed by atoms with Gasteiger partial charge in [-0.25, -0.2) is 0 Å². The van der Waals surface area contributed by atoms with Crippen molar-refractivity contribution in [1.29, 1.82) is 0 Å². The summed E-state index contributed by atoms with van der Waals surface area (Å²) >= 11 is 5.68. The first-order valence-electron chi connectivity index (χ1n) is 9.81. The molecule has 0 spiro atoms. The second kappa shape index (κ2) is 8.47. The summed E-state index contributed by atoms with van der Waals surface area (Å²) in [5.41, 5.74) is 0.115. The van der Waals surface area contributed by atoms with E-state index in [0.717, 1.165) is 12.3 Å². The number of nitrogens with zero attached hydrogens (tertiary/aromatic N) is 2. The van der Waals surface area contributed by atoms with Crippen LogP contribution in [0.25, 0.3) is 0 Å². The number of hydrogen-bond donors (Lipinski definition) is 2. The van der Waals surface area contributed by atoms with Gasteiger partial charge in [0.15, 0.2) is 6.04 Å². The van der Waals surface area contributed by atoms with E-state index in [2.05, 4.69) is 10.3 Å². The first-order valence-corrected chi connectivity index (χ1v) is 10.2. The molecule has 1 fully saturated rings. The molecule has 0 saturated carbocycles. The van der Waals surface area contributed by atoms with E-state index in [-0.39, 0.29) is 35.5 Å². The minimum absolute atomic E-state index is 0.0109. The number of pyridine rings is 1. The summed E-state index contributed by atoms with van der Waals surface area (Å²) in [5.74, 6) is -2.48. The van der Waals surface area contributed by atoms with Gasteiger partial charge in [0.05, 0.1) is 10.7 Å². The van der Waals surface area contributed by atoms with Crippen LogP contribution in [0.15, 0.2) is 36.5 Å². The highest BCUT2D eigenvalue weighted by Gasteiger charge is 2.43. The molecule has 1 aromatic heterocycles. The van der Waals surface area contributed by atoms with Crippen LogP contribution in [-0.4, -0.2) is 45.7 Å². The van der Waals surface area contributed by atoms with Crippen LogP contribution in [0.5, 0.6) is 0 Å². The van der Waals surface area contributed by atoms with Crippen molar-refractivity contribution in [2.24, 2.45) is 0 Å². The highest BCUT2D eigenvalue weighted by Crippen LogP contribution is 2.33. The lowest BCUT2D eigenvalue weighted by Crippen LogP contribution is -2.52. The van der Waals surface area contributed by atoms with E-state index in [4.69, 9.17) is 11.6 Å². The Morgan fingerprint density at radius 1 is 1.21 bits per heavy atom. The largest absolute Gasteiger partial charge is 0.414 e. The maximum absolute atomic E-state index is 13.6. The van der Waals surface area contributed by atoms with Gasteiger partial charge in [-0.1, -0.05) is 11.6 Å². The molecule has 2 aromatic rings. The summed E-state index contributed by atoms with van der Waals surface area (Å²) in [7, 11) is 0. The molecule has 0 aliphatic carbocycles. The third-order valence-corrected chi connectivity index (χ3v) is 5.66. The van der Waals surface area contributed by atoms with E-state index in [9.17, 15) is 32.3 Å². The number of fused-ring (bicyclic) bond motifs is 1. The molecular formula is C21H16ClF3N4O4. The van der Waals surface area contributed by atoms with E-state index in [1.807, 2.05) is 5.32 Å². The Morgan fingerprint density at radius 3 is 2.61 bits per heavy atom. The van der Waals surface area contributed by atoms with Crippen molar-refractivity contribution in [3.63, 3.8) is 0 Å². The first-order chi connectivity index (χ1) is 15.5. The molecule has 2 aliphatic heterocycles. The molecule has 4 rings (SSSR count). The van der Waals surface area contributed by atoms with E-state index < -0.39 is 47.6 Å². The number of imide groups is 1. The predicted octanol–water partition coefficient (Wildman–Crippen LogP) is 2.53. The quantitative estimate of drug-likeness (QED) is 0.654. The molecule has 1 aromatic carbocycles. The predicted molar refractivity (Wildman–Crippen MR) is 108 cm³/mol. The highest BCUT2D eigenvalue weighted by molar-refractivity contribution is 6.30. The van der Waals surface area contributed by atoms with Crippen LogP contribution in [0.3, 0.4) is 0 Å². The zero-order chi connectivity index (χ0) is 23.9. The maximum Gasteiger partial charge on any atom is 0.414 e. The Bertz CT molecular complexity index is 1150. The number of rotatable bonds is 4. The van der Waals surface area contributed by atoms with Gasteiger partial charge in [0.1, 0.15) is 6.04 Å². The van der Waals surface area contributed by atoms with Crippen molar-refractivity contribution in [2.75, 3.05) is 0 Å². The minimum Gasteiger partial charge on any atom is -0.335 e. The van der Waals surface area contributed by atoms with Gasteiger partial charge in [-0.15, -0.1) is 0 Å². The number of carbonyl (C=O) groups is 4. The highest BCUT2D eigenvalue weighted by atomic mass is 35.5. The number of piperidine rings is 1. The van der Waals surface area contributed by atoms with Crippen molar-refractivity contribution in [2.45, 2.75) is 37.6 Å². The standard InChI is InChI=1S/C21H16ClF3N4O4/c22-12-2-4-14(26-8-12)17(21(23,24)25)28-18(31)10-1-3-13-11(7-10)9-29(20(13)33)15-5-6-16(30)27-19(15)32/h1-4,7-8,15,17H,5-6,9H2,(H,28,31)(H,27,30,32)/t15?,17-/m1/s1. The summed E-state index contributed by atoms with van der Waals surface area (Å²) in [4.78, 5) is 53.8. The lowest BCUT2D eigenvalue weighted by atomic mass is 10.0. The second-order valence-corrected chi connectivity index (χ2v) is 8.06. The second-order valence-electron chi connectivity index (χ2n) is 7.62. The Labute approximate surface area is 190 Å². The average Bonchev–Trinajstić information content (AvgIpc) is 3.07. The monoisotopic (exact) mass is 480 g/mol.